The van der Waals surface area contributed by atoms with E-state index in [0.29, 0.717) is 17.4 Å². The predicted molar refractivity (Wildman–Crippen MR) is 122 cm³/mol. The first kappa shape index (κ1) is 22.0. The van der Waals surface area contributed by atoms with Crippen LogP contribution in [0.5, 0.6) is 0 Å². The predicted octanol–water partition coefficient (Wildman–Crippen LogP) is 8.53. The average molecular weight is 415 g/mol. The topological polar surface area (TPSA) is 0 Å². The van der Waals surface area contributed by atoms with Gasteiger partial charge in [-0.15, -0.1) is 0 Å². The quantitative estimate of drug-likeness (QED) is 0.323. The molecule has 1 aromatic carbocycles. The second-order valence-electron chi connectivity index (χ2n) is 10.5. The Bertz CT molecular complexity index is 749. The minimum Gasteiger partial charge on any atom is -0.207 e. The zero-order valence-electron chi connectivity index (χ0n) is 19.1. The molecule has 0 nitrogen and oxygen atoms in total. The zero-order chi connectivity index (χ0) is 21.1. The number of rotatable bonds is 6. The SMILES string of the molecule is C/C=C/C1CCC2CC(c3c(F)cc4c(c3F)CCC(CCCCC)C4)CCC2C1. The van der Waals surface area contributed by atoms with E-state index in [9.17, 15) is 0 Å². The number of benzene rings is 1. The van der Waals surface area contributed by atoms with Crippen molar-refractivity contribution in [1.29, 1.82) is 0 Å². The van der Waals surface area contributed by atoms with E-state index in [0.717, 1.165) is 61.5 Å². The van der Waals surface area contributed by atoms with E-state index in [1.165, 1.54) is 44.9 Å². The first-order valence-corrected chi connectivity index (χ1v) is 12.7. The van der Waals surface area contributed by atoms with Crippen molar-refractivity contribution in [1.82, 2.24) is 0 Å². The monoisotopic (exact) mass is 414 g/mol. The van der Waals surface area contributed by atoms with Gasteiger partial charge in [0.15, 0.2) is 0 Å². The van der Waals surface area contributed by atoms with Crippen LogP contribution in [0.2, 0.25) is 0 Å². The van der Waals surface area contributed by atoms with Gasteiger partial charge < -0.3 is 0 Å². The second kappa shape index (κ2) is 9.96. The van der Waals surface area contributed by atoms with Gasteiger partial charge in [-0.25, -0.2) is 8.78 Å². The third-order valence-corrected chi connectivity index (χ3v) is 8.50. The van der Waals surface area contributed by atoms with Gasteiger partial charge in [0.05, 0.1) is 0 Å². The highest BCUT2D eigenvalue weighted by Gasteiger charge is 2.38. The maximum Gasteiger partial charge on any atom is 0.133 e. The van der Waals surface area contributed by atoms with Crippen molar-refractivity contribution in [2.45, 2.75) is 103 Å². The lowest BCUT2D eigenvalue weighted by Crippen LogP contribution is -2.31. The molecule has 0 N–H and O–H groups in total. The molecule has 166 valence electrons. The fourth-order valence-electron chi connectivity index (χ4n) is 6.88. The minimum absolute atomic E-state index is 0.0806. The number of allylic oxidation sites excluding steroid dienone is 2. The van der Waals surface area contributed by atoms with E-state index in [1.807, 2.05) is 0 Å². The molecule has 3 aliphatic carbocycles. The number of hydrogen-bond acceptors (Lipinski definition) is 0. The van der Waals surface area contributed by atoms with Crippen LogP contribution in [-0.4, -0.2) is 0 Å². The Morgan fingerprint density at radius 3 is 2.60 bits per heavy atom. The van der Waals surface area contributed by atoms with Gasteiger partial charge in [-0.1, -0.05) is 44.8 Å². The fraction of sp³-hybridized carbons (Fsp3) is 0.714. The maximum absolute atomic E-state index is 15.6. The van der Waals surface area contributed by atoms with Crippen molar-refractivity contribution in [3.8, 4) is 0 Å². The average Bonchev–Trinajstić information content (AvgIpc) is 2.74. The van der Waals surface area contributed by atoms with Crippen molar-refractivity contribution in [3.05, 3.63) is 46.5 Å². The van der Waals surface area contributed by atoms with Crippen LogP contribution in [0.3, 0.4) is 0 Å². The van der Waals surface area contributed by atoms with Crippen molar-refractivity contribution in [2.24, 2.45) is 23.7 Å². The molecule has 4 rings (SSSR count). The van der Waals surface area contributed by atoms with Gasteiger partial charge in [0.1, 0.15) is 11.6 Å². The molecular formula is C28H40F2. The van der Waals surface area contributed by atoms with Gasteiger partial charge in [0.2, 0.25) is 0 Å². The Morgan fingerprint density at radius 1 is 1.00 bits per heavy atom. The van der Waals surface area contributed by atoms with Crippen LogP contribution >= 0.6 is 0 Å². The molecule has 30 heavy (non-hydrogen) atoms. The lowest BCUT2D eigenvalue weighted by molar-refractivity contribution is 0.131. The first-order chi connectivity index (χ1) is 14.6. The third kappa shape index (κ3) is 4.68. The van der Waals surface area contributed by atoms with Crippen molar-refractivity contribution >= 4 is 0 Å². The summed E-state index contributed by atoms with van der Waals surface area (Å²) in [4.78, 5) is 0. The molecule has 3 aliphatic rings. The first-order valence-electron chi connectivity index (χ1n) is 12.7. The highest BCUT2D eigenvalue weighted by atomic mass is 19.1. The molecule has 2 saturated carbocycles. The standard InChI is InChI=1S/C28H40F2/c1-3-5-6-8-20-10-14-25-24(16-20)18-26(29)27(28(25)30)23-13-12-21-15-19(7-4-2)9-11-22(21)17-23/h4,7,18-23H,3,5-6,8-17H2,1-2H3/b7-4+. The summed E-state index contributed by atoms with van der Waals surface area (Å²) in [6.45, 7) is 4.34. The molecule has 0 radical (unpaired) electrons. The molecule has 0 amide bonds. The van der Waals surface area contributed by atoms with E-state index in [4.69, 9.17) is 0 Å². The maximum atomic E-state index is 15.6. The van der Waals surface area contributed by atoms with Gasteiger partial charge in [0.25, 0.3) is 0 Å². The van der Waals surface area contributed by atoms with E-state index in [-0.39, 0.29) is 17.6 Å². The molecule has 0 aromatic heterocycles. The summed E-state index contributed by atoms with van der Waals surface area (Å²) in [5.74, 6) is 2.38. The molecular weight excluding hydrogens is 374 g/mol. The number of unbranched alkanes of at least 4 members (excludes halogenated alkanes) is 2. The second-order valence-corrected chi connectivity index (χ2v) is 10.5. The van der Waals surface area contributed by atoms with Crippen molar-refractivity contribution in [3.63, 3.8) is 0 Å². The molecule has 5 atom stereocenters. The fourth-order valence-corrected chi connectivity index (χ4v) is 6.88. The molecule has 2 fully saturated rings. The molecule has 0 bridgehead atoms. The van der Waals surface area contributed by atoms with Crippen molar-refractivity contribution in [2.75, 3.05) is 0 Å². The van der Waals surface area contributed by atoms with Gasteiger partial charge in [-0.2, -0.15) is 0 Å². The third-order valence-electron chi connectivity index (χ3n) is 8.50. The molecule has 5 unspecified atom stereocenters. The van der Waals surface area contributed by atoms with Crippen LogP contribution in [0.4, 0.5) is 8.78 Å². The lowest BCUT2D eigenvalue weighted by Gasteiger charge is -2.42. The Balaban J connectivity index is 1.46. The molecule has 0 spiro atoms. The molecule has 0 aliphatic heterocycles. The van der Waals surface area contributed by atoms with Crippen molar-refractivity contribution < 1.29 is 8.78 Å². The number of halogens is 2. The summed E-state index contributed by atoms with van der Waals surface area (Å²) in [6.07, 6.45) is 19.1. The summed E-state index contributed by atoms with van der Waals surface area (Å²) in [6, 6.07) is 1.72. The Morgan fingerprint density at radius 2 is 1.80 bits per heavy atom. The Kier molecular flexibility index (Phi) is 7.32. The number of fused-ring (bicyclic) bond motifs is 2. The summed E-state index contributed by atoms with van der Waals surface area (Å²) in [5.41, 5.74) is 2.24. The lowest BCUT2D eigenvalue weighted by atomic mass is 9.63. The summed E-state index contributed by atoms with van der Waals surface area (Å²) in [7, 11) is 0. The van der Waals surface area contributed by atoms with Gasteiger partial charge in [-0.3, -0.25) is 0 Å². The smallest absolute Gasteiger partial charge is 0.133 e. The molecule has 1 aromatic rings. The molecule has 0 saturated heterocycles. The normalized spacial score (nSPS) is 31.5. The van der Waals surface area contributed by atoms with Crippen LogP contribution in [0, 0.1) is 35.3 Å². The number of hydrogen-bond donors (Lipinski definition) is 0. The zero-order valence-corrected chi connectivity index (χ0v) is 19.1. The van der Waals surface area contributed by atoms with Gasteiger partial charge >= 0.3 is 0 Å². The van der Waals surface area contributed by atoms with Crippen LogP contribution in [0.1, 0.15) is 107 Å². The van der Waals surface area contributed by atoms with Crippen LogP contribution in [0.25, 0.3) is 0 Å². The van der Waals surface area contributed by atoms with Crippen LogP contribution < -0.4 is 0 Å². The summed E-state index contributed by atoms with van der Waals surface area (Å²) in [5, 5.41) is 0. The Labute approximate surface area is 182 Å². The Hall–Kier alpha value is -1.18. The summed E-state index contributed by atoms with van der Waals surface area (Å²) < 4.78 is 30.8. The molecule has 0 heterocycles. The van der Waals surface area contributed by atoms with Gasteiger partial charge in [-0.05, 0) is 111 Å². The van der Waals surface area contributed by atoms with E-state index in [2.05, 4.69) is 26.0 Å². The van der Waals surface area contributed by atoms with E-state index < -0.39 is 0 Å². The highest BCUT2D eigenvalue weighted by molar-refractivity contribution is 5.39. The van der Waals surface area contributed by atoms with E-state index >= 15 is 8.78 Å². The van der Waals surface area contributed by atoms with Gasteiger partial charge in [0, 0.05) is 5.56 Å². The van der Waals surface area contributed by atoms with Crippen LogP contribution in [-0.2, 0) is 12.8 Å². The minimum atomic E-state index is -0.258. The highest BCUT2D eigenvalue weighted by Crippen LogP contribution is 2.49. The molecule has 2 heteroatoms. The summed E-state index contributed by atoms with van der Waals surface area (Å²) >= 11 is 0. The van der Waals surface area contributed by atoms with E-state index in [1.54, 1.807) is 6.07 Å². The largest absolute Gasteiger partial charge is 0.207 e. The van der Waals surface area contributed by atoms with Crippen LogP contribution in [0.15, 0.2) is 18.2 Å².